The molecule has 3 aromatic carbocycles. The standard InChI is InChI=1S/C20H13ClO3S/c1-23-20(22)14-11-12(21)9-10-15(14)24-16-6-4-8-18-19(16)13-5-2-3-7-17(13)25-18/h2-11H,1H3. The van der Waals surface area contributed by atoms with E-state index in [1.165, 1.54) is 11.8 Å². The van der Waals surface area contributed by atoms with E-state index < -0.39 is 5.97 Å². The normalized spacial score (nSPS) is 11.0. The highest BCUT2D eigenvalue weighted by molar-refractivity contribution is 7.25. The van der Waals surface area contributed by atoms with Gasteiger partial charge in [0.15, 0.2) is 0 Å². The number of rotatable bonds is 3. The van der Waals surface area contributed by atoms with E-state index in [-0.39, 0.29) is 0 Å². The summed E-state index contributed by atoms with van der Waals surface area (Å²) in [6.07, 6.45) is 0. The third-order valence-electron chi connectivity index (χ3n) is 3.93. The lowest BCUT2D eigenvalue weighted by Gasteiger charge is -2.11. The summed E-state index contributed by atoms with van der Waals surface area (Å²) in [5, 5.41) is 2.62. The molecule has 4 rings (SSSR count). The molecule has 0 aliphatic carbocycles. The lowest BCUT2D eigenvalue weighted by Crippen LogP contribution is -2.03. The zero-order valence-corrected chi connectivity index (χ0v) is 14.9. The van der Waals surface area contributed by atoms with Gasteiger partial charge in [0.05, 0.1) is 7.11 Å². The van der Waals surface area contributed by atoms with Crippen molar-refractivity contribution >= 4 is 49.1 Å². The van der Waals surface area contributed by atoms with Gasteiger partial charge in [0.25, 0.3) is 0 Å². The number of hydrogen-bond acceptors (Lipinski definition) is 4. The smallest absolute Gasteiger partial charge is 0.341 e. The number of esters is 1. The van der Waals surface area contributed by atoms with Gasteiger partial charge in [0, 0.05) is 25.2 Å². The summed E-state index contributed by atoms with van der Waals surface area (Å²) in [4.78, 5) is 12.0. The van der Waals surface area contributed by atoms with Crippen molar-refractivity contribution in [2.24, 2.45) is 0 Å². The summed E-state index contributed by atoms with van der Waals surface area (Å²) in [7, 11) is 1.33. The average Bonchev–Trinajstić information content (AvgIpc) is 3.02. The van der Waals surface area contributed by atoms with Gasteiger partial charge in [-0.2, -0.15) is 0 Å². The van der Waals surface area contributed by atoms with Crippen LogP contribution in [0.2, 0.25) is 5.02 Å². The van der Waals surface area contributed by atoms with Crippen molar-refractivity contribution in [2.75, 3.05) is 7.11 Å². The number of carbonyl (C=O) groups is 1. The van der Waals surface area contributed by atoms with Gasteiger partial charge in [-0.25, -0.2) is 4.79 Å². The molecule has 3 nitrogen and oxygen atoms in total. The van der Waals surface area contributed by atoms with Crippen LogP contribution in [0.25, 0.3) is 20.2 Å². The van der Waals surface area contributed by atoms with Crippen molar-refractivity contribution in [3.63, 3.8) is 0 Å². The fraction of sp³-hybridized carbons (Fsp3) is 0.0500. The minimum atomic E-state index is -0.486. The van der Waals surface area contributed by atoms with E-state index in [0.29, 0.717) is 22.1 Å². The second kappa shape index (κ2) is 6.39. The Labute approximate surface area is 153 Å². The Hall–Kier alpha value is -2.56. The van der Waals surface area contributed by atoms with Crippen molar-refractivity contribution in [2.45, 2.75) is 0 Å². The predicted octanol–water partition coefficient (Wildman–Crippen LogP) is 6.29. The lowest BCUT2D eigenvalue weighted by atomic mass is 10.1. The first-order valence-electron chi connectivity index (χ1n) is 7.63. The third kappa shape index (κ3) is 2.84. The summed E-state index contributed by atoms with van der Waals surface area (Å²) in [5.41, 5.74) is 0.298. The van der Waals surface area contributed by atoms with Crippen LogP contribution in [-0.2, 0) is 4.74 Å². The first-order valence-corrected chi connectivity index (χ1v) is 8.83. The molecular formula is C20H13ClO3S. The molecular weight excluding hydrogens is 356 g/mol. The Balaban J connectivity index is 1.88. The van der Waals surface area contributed by atoms with Crippen LogP contribution in [0.5, 0.6) is 11.5 Å². The average molecular weight is 369 g/mol. The van der Waals surface area contributed by atoms with Gasteiger partial charge < -0.3 is 9.47 Å². The molecule has 1 heterocycles. The van der Waals surface area contributed by atoms with Crippen LogP contribution in [0, 0.1) is 0 Å². The topological polar surface area (TPSA) is 35.5 Å². The summed E-state index contributed by atoms with van der Waals surface area (Å²) in [5.74, 6) is 0.626. The molecule has 0 saturated carbocycles. The number of methoxy groups -OCH3 is 1. The molecule has 0 N–H and O–H groups in total. The van der Waals surface area contributed by atoms with Crippen molar-refractivity contribution in [1.82, 2.24) is 0 Å². The highest BCUT2D eigenvalue weighted by Crippen LogP contribution is 2.41. The fourth-order valence-corrected chi connectivity index (χ4v) is 4.10. The van der Waals surface area contributed by atoms with Crippen molar-refractivity contribution in [3.05, 3.63) is 71.2 Å². The van der Waals surface area contributed by atoms with Crippen LogP contribution >= 0.6 is 22.9 Å². The van der Waals surface area contributed by atoms with Crippen molar-refractivity contribution in [3.8, 4) is 11.5 Å². The van der Waals surface area contributed by atoms with Gasteiger partial charge in [-0.1, -0.05) is 35.9 Å². The highest BCUT2D eigenvalue weighted by Gasteiger charge is 2.17. The van der Waals surface area contributed by atoms with E-state index in [2.05, 4.69) is 18.2 Å². The fourth-order valence-electron chi connectivity index (χ4n) is 2.81. The molecule has 25 heavy (non-hydrogen) atoms. The van der Waals surface area contributed by atoms with E-state index in [9.17, 15) is 4.79 Å². The molecule has 0 fully saturated rings. The minimum absolute atomic E-state index is 0.298. The molecule has 0 amide bonds. The van der Waals surface area contributed by atoms with Crippen LogP contribution < -0.4 is 4.74 Å². The maximum Gasteiger partial charge on any atom is 0.341 e. The summed E-state index contributed by atoms with van der Waals surface area (Å²) < 4.78 is 13.3. The second-order valence-electron chi connectivity index (χ2n) is 5.46. The molecule has 5 heteroatoms. The largest absolute Gasteiger partial charge is 0.465 e. The monoisotopic (exact) mass is 368 g/mol. The molecule has 1 aromatic heterocycles. The van der Waals surface area contributed by atoms with Crippen molar-refractivity contribution in [1.29, 1.82) is 0 Å². The van der Waals surface area contributed by atoms with Crippen LogP contribution in [0.4, 0.5) is 0 Å². The SMILES string of the molecule is COC(=O)c1cc(Cl)ccc1Oc1cccc2sc3ccccc3c12. The number of ether oxygens (including phenoxy) is 2. The quantitative estimate of drug-likeness (QED) is 0.399. The van der Waals surface area contributed by atoms with Gasteiger partial charge in [-0.05, 0) is 36.4 Å². The van der Waals surface area contributed by atoms with Gasteiger partial charge in [0.1, 0.15) is 17.1 Å². The van der Waals surface area contributed by atoms with Crippen LogP contribution in [0.3, 0.4) is 0 Å². The van der Waals surface area contributed by atoms with Gasteiger partial charge in [-0.15, -0.1) is 11.3 Å². The Kier molecular flexibility index (Phi) is 4.07. The van der Waals surface area contributed by atoms with Crippen LogP contribution in [0.15, 0.2) is 60.7 Å². The number of fused-ring (bicyclic) bond motifs is 3. The number of thiophene rings is 1. The zero-order valence-electron chi connectivity index (χ0n) is 13.3. The Morgan fingerprint density at radius 2 is 1.76 bits per heavy atom. The zero-order chi connectivity index (χ0) is 17.4. The molecule has 0 saturated heterocycles. The molecule has 0 unspecified atom stereocenters. The second-order valence-corrected chi connectivity index (χ2v) is 6.98. The molecule has 0 atom stereocenters. The van der Waals surface area contributed by atoms with E-state index in [0.717, 1.165) is 15.5 Å². The van der Waals surface area contributed by atoms with Crippen LogP contribution in [-0.4, -0.2) is 13.1 Å². The molecule has 0 aliphatic rings. The number of halogens is 1. The van der Waals surface area contributed by atoms with E-state index in [1.807, 2.05) is 24.3 Å². The molecule has 4 aromatic rings. The maximum atomic E-state index is 12.0. The minimum Gasteiger partial charge on any atom is -0.465 e. The number of benzene rings is 3. The Bertz CT molecular complexity index is 1100. The maximum absolute atomic E-state index is 12.0. The summed E-state index contributed by atoms with van der Waals surface area (Å²) in [6, 6.07) is 19.0. The van der Waals surface area contributed by atoms with Gasteiger partial charge >= 0.3 is 5.97 Å². The van der Waals surface area contributed by atoms with Gasteiger partial charge in [0.2, 0.25) is 0 Å². The Morgan fingerprint density at radius 3 is 2.60 bits per heavy atom. The van der Waals surface area contributed by atoms with Crippen LogP contribution in [0.1, 0.15) is 10.4 Å². The summed E-state index contributed by atoms with van der Waals surface area (Å²) >= 11 is 7.73. The molecule has 124 valence electrons. The predicted molar refractivity (Wildman–Crippen MR) is 102 cm³/mol. The first-order chi connectivity index (χ1) is 12.2. The first kappa shape index (κ1) is 15.9. The highest BCUT2D eigenvalue weighted by atomic mass is 35.5. The molecule has 0 bridgehead atoms. The van der Waals surface area contributed by atoms with Gasteiger partial charge in [-0.3, -0.25) is 0 Å². The lowest BCUT2D eigenvalue weighted by molar-refractivity contribution is 0.0598. The third-order valence-corrected chi connectivity index (χ3v) is 5.30. The Morgan fingerprint density at radius 1 is 0.960 bits per heavy atom. The molecule has 0 aliphatic heterocycles. The van der Waals surface area contributed by atoms with E-state index in [1.54, 1.807) is 29.5 Å². The van der Waals surface area contributed by atoms with Crippen molar-refractivity contribution < 1.29 is 14.3 Å². The number of carbonyl (C=O) groups excluding carboxylic acids is 1. The summed E-state index contributed by atoms with van der Waals surface area (Å²) in [6.45, 7) is 0. The molecule has 0 spiro atoms. The van der Waals surface area contributed by atoms with E-state index >= 15 is 0 Å². The van der Waals surface area contributed by atoms with E-state index in [4.69, 9.17) is 21.1 Å². The molecule has 0 radical (unpaired) electrons. The number of hydrogen-bond donors (Lipinski definition) is 0.